The number of aliphatic carboxylic acids is 1. The van der Waals surface area contributed by atoms with Gasteiger partial charge < -0.3 is 9.84 Å². The fourth-order valence-electron chi connectivity index (χ4n) is 1.78. The molecule has 2 rings (SSSR count). The minimum absolute atomic E-state index is 0.00347. The molecule has 5 nitrogen and oxygen atoms in total. The highest BCUT2D eigenvalue weighted by molar-refractivity contribution is 5.97. The highest BCUT2D eigenvalue weighted by Gasteiger charge is 2.51. The molecule has 0 unspecified atom stereocenters. The van der Waals surface area contributed by atoms with Gasteiger partial charge in [0.2, 0.25) is 5.91 Å². The number of nitrogens with zero attached hydrogens (tertiary/aromatic N) is 1. The third kappa shape index (κ3) is 1.30. The van der Waals surface area contributed by atoms with Crippen LogP contribution in [0.1, 0.15) is 27.2 Å². The van der Waals surface area contributed by atoms with Crippen LogP contribution in [0.3, 0.4) is 0 Å². The van der Waals surface area contributed by atoms with Crippen molar-refractivity contribution in [3.05, 3.63) is 11.5 Å². The van der Waals surface area contributed by atoms with Crippen LogP contribution in [0.2, 0.25) is 0 Å². The largest absolute Gasteiger partial charge is 0.476 e. The van der Waals surface area contributed by atoms with Gasteiger partial charge in [-0.3, -0.25) is 9.69 Å². The van der Waals surface area contributed by atoms with Crippen LogP contribution in [0, 0.1) is 5.41 Å². The first-order valence-corrected chi connectivity index (χ1v) is 4.79. The molecule has 0 bridgehead atoms. The Hall–Kier alpha value is -1.52. The van der Waals surface area contributed by atoms with Crippen molar-refractivity contribution in [3.63, 3.8) is 0 Å². The molecule has 15 heavy (non-hydrogen) atoms. The zero-order valence-electron chi connectivity index (χ0n) is 8.90. The fraction of sp³-hybridized carbons (Fsp3) is 0.600. The van der Waals surface area contributed by atoms with Gasteiger partial charge in [0.1, 0.15) is 5.76 Å². The lowest BCUT2D eigenvalue weighted by Crippen LogP contribution is -2.50. The smallest absolute Gasteiger partial charge is 0.356 e. The van der Waals surface area contributed by atoms with Crippen molar-refractivity contribution in [2.75, 3.05) is 0 Å². The van der Waals surface area contributed by atoms with E-state index in [0.29, 0.717) is 5.76 Å². The normalized spacial score (nSPS) is 24.9. The van der Waals surface area contributed by atoms with Crippen molar-refractivity contribution < 1.29 is 19.4 Å². The van der Waals surface area contributed by atoms with Gasteiger partial charge in [-0.1, -0.05) is 20.8 Å². The average molecular weight is 211 g/mol. The molecule has 0 aromatic heterocycles. The van der Waals surface area contributed by atoms with E-state index in [4.69, 9.17) is 9.84 Å². The Labute approximate surface area is 87.3 Å². The molecule has 1 atom stereocenters. The first-order chi connectivity index (χ1) is 6.82. The number of allylic oxidation sites excluding steroid dienone is 1. The van der Waals surface area contributed by atoms with Crippen molar-refractivity contribution in [3.8, 4) is 0 Å². The number of amides is 1. The Bertz CT molecular complexity index is 377. The van der Waals surface area contributed by atoms with E-state index in [1.165, 1.54) is 4.90 Å². The molecule has 0 radical (unpaired) electrons. The summed E-state index contributed by atoms with van der Waals surface area (Å²) < 4.78 is 5.47. The summed E-state index contributed by atoms with van der Waals surface area (Å²) in [7, 11) is 0. The molecule has 1 fully saturated rings. The molecule has 0 aliphatic carbocycles. The molecule has 1 amide bonds. The number of rotatable bonds is 1. The monoisotopic (exact) mass is 211 g/mol. The van der Waals surface area contributed by atoms with Crippen LogP contribution in [0.25, 0.3) is 0 Å². The van der Waals surface area contributed by atoms with Crippen LogP contribution in [0.5, 0.6) is 0 Å². The highest BCUT2D eigenvalue weighted by atomic mass is 16.5. The van der Waals surface area contributed by atoms with Gasteiger partial charge in [0.25, 0.3) is 0 Å². The molecular weight excluding hydrogens is 198 g/mol. The van der Waals surface area contributed by atoms with Crippen molar-refractivity contribution in [1.82, 2.24) is 4.90 Å². The average Bonchev–Trinajstić information content (AvgIpc) is 2.36. The predicted molar refractivity (Wildman–Crippen MR) is 50.5 cm³/mol. The lowest BCUT2D eigenvalue weighted by atomic mass is 9.92. The molecule has 1 N–H and O–H groups in total. The fourth-order valence-corrected chi connectivity index (χ4v) is 1.78. The topological polar surface area (TPSA) is 66.8 Å². The lowest BCUT2D eigenvalue weighted by Gasteiger charge is -2.32. The van der Waals surface area contributed by atoms with Gasteiger partial charge in [-0.2, -0.15) is 0 Å². The van der Waals surface area contributed by atoms with Crippen LogP contribution in [-0.2, 0) is 14.3 Å². The second-order valence-electron chi connectivity index (χ2n) is 4.77. The summed E-state index contributed by atoms with van der Waals surface area (Å²) >= 11 is 0. The van der Waals surface area contributed by atoms with E-state index in [0.717, 1.165) is 0 Å². The van der Waals surface area contributed by atoms with Gasteiger partial charge in [0, 0.05) is 5.41 Å². The number of hydrogen-bond acceptors (Lipinski definition) is 3. The summed E-state index contributed by atoms with van der Waals surface area (Å²) in [5.41, 5.74) is -0.394. The van der Waals surface area contributed by atoms with Gasteiger partial charge in [-0.05, 0) is 0 Å². The number of carboxylic acids is 1. The molecule has 0 aromatic rings. The number of carboxylic acid groups (broad SMARTS) is 1. The van der Waals surface area contributed by atoms with Crippen molar-refractivity contribution in [2.24, 2.45) is 5.41 Å². The third-order valence-electron chi connectivity index (χ3n) is 2.50. The maximum Gasteiger partial charge on any atom is 0.356 e. The van der Waals surface area contributed by atoms with E-state index in [1.54, 1.807) is 0 Å². The maximum absolute atomic E-state index is 11.2. The quantitative estimate of drug-likeness (QED) is 0.655. The molecule has 0 aromatic carbocycles. The Morgan fingerprint density at radius 1 is 1.53 bits per heavy atom. The summed E-state index contributed by atoms with van der Waals surface area (Å²) in [5.74, 6) is -0.891. The molecule has 0 spiro atoms. The van der Waals surface area contributed by atoms with Gasteiger partial charge in [0.05, 0.1) is 6.42 Å². The summed E-state index contributed by atoms with van der Waals surface area (Å²) in [6.07, 6.45) is -0.117. The second-order valence-corrected chi connectivity index (χ2v) is 4.77. The van der Waals surface area contributed by atoms with Gasteiger partial charge in [-0.15, -0.1) is 0 Å². The van der Waals surface area contributed by atoms with Crippen LogP contribution in [0.4, 0.5) is 0 Å². The Balaban J connectivity index is 2.44. The van der Waals surface area contributed by atoms with Crippen molar-refractivity contribution in [2.45, 2.75) is 33.4 Å². The number of β-lactam (4-membered cyclic amide) rings is 1. The van der Waals surface area contributed by atoms with Crippen LogP contribution in [0.15, 0.2) is 11.5 Å². The molecule has 0 saturated carbocycles. The highest BCUT2D eigenvalue weighted by Crippen LogP contribution is 2.43. The first kappa shape index (κ1) is 10.0. The standard InChI is InChI=1S/C10H13NO4/c1-10(2,3)8-7(9(13)14)11-5(12)4-6(11)15-8/h6H,4H2,1-3H3,(H,13,14)/t6-/m0/s1. The number of carbonyl (C=O) groups is 2. The van der Waals surface area contributed by atoms with Crippen molar-refractivity contribution >= 4 is 11.9 Å². The van der Waals surface area contributed by atoms with E-state index in [-0.39, 0.29) is 18.0 Å². The van der Waals surface area contributed by atoms with E-state index in [2.05, 4.69) is 0 Å². The number of ether oxygens (including phenoxy) is 1. The summed E-state index contributed by atoms with van der Waals surface area (Å²) in [4.78, 5) is 23.5. The predicted octanol–water partition coefficient (Wildman–Crippen LogP) is 0.917. The van der Waals surface area contributed by atoms with Crippen LogP contribution >= 0.6 is 0 Å². The minimum atomic E-state index is -1.10. The van der Waals surface area contributed by atoms with Gasteiger partial charge >= 0.3 is 5.97 Å². The van der Waals surface area contributed by atoms with E-state index < -0.39 is 17.6 Å². The molecule has 2 heterocycles. The summed E-state index contributed by atoms with van der Waals surface area (Å²) in [5, 5.41) is 9.06. The van der Waals surface area contributed by atoms with E-state index in [9.17, 15) is 9.59 Å². The molecule has 82 valence electrons. The molecule has 1 saturated heterocycles. The summed E-state index contributed by atoms with van der Waals surface area (Å²) in [6, 6.07) is 0. The van der Waals surface area contributed by atoms with Gasteiger partial charge in [0.15, 0.2) is 11.9 Å². The van der Waals surface area contributed by atoms with Crippen molar-refractivity contribution in [1.29, 1.82) is 0 Å². The van der Waals surface area contributed by atoms with Crippen LogP contribution in [-0.4, -0.2) is 28.1 Å². The number of carbonyl (C=O) groups excluding carboxylic acids is 1. The zero-order valence-corrected chi connectivity index (χ0v) is 8.90. The SMILES string of the molecule is CC(C)(C)C1=C(C(=O)O)N2C(=O)C[C@@H]2O1. The lowest BCUT2D eigenvalue weighted by molar-refractivity contribution is -0.158. The Morgan fingerprint density at radius 3 is 2.53 bits per heavy atom. The van der Waals surface area contributed by atoms with Gasteiger partial charge in [-0.25, -0.2) is 4.79 Å². The first-order valence-electron chi connectivity index (χ1n) is 4.79. The maximum atomic E-state index is 11.2. The number of hydrogen-bond donors (Lipinski definition) is 1. The molecular formula is C10H13NO4. The Morgan fingerprint density at radius 2 is 2.13 bits per heavy atom. The molecule has 5 heteroatoms. The minimum Gasteiger partial charge on any atom is -0.476 e. The summed E-state index contributed by atoms with van der Waals surface area (Å²) in [6.45, 7) is 5.59. The Kier molecular flexibility index (Phi) is 1.83. The van der Waals surface area contributed by atoms with E-state index >= 15 is 0 Å². The van der Waals surface area contributed by atoms with E-state index in [1.807, 2.05) is 20.8 Å². The third-order valence-corrected chi connectivity index (χ3v) is 2.50. The second kappa shape index (κ2) is 2.74. The molecule has 2 aliphatic rings. The van der Waals surface area contributed by atoms with Crippen LogP contribution < -0.4 is 0 Å². The molecule has 2 aliphatic heterocycles. The number of fused-ring (bicyclic) bond motifs is 1. The zero-order chi connectivity index (χ0) is 11.4.